The molecule has 19 heavy (non-hydrogen) atoms. The number of rotatable bonds is 9. The van der Waals surface area contributed by atoms with Crippen LogP contribution < -0.4 is 4.74 Å². The van der Waals surface area contributed by atoms with Crippen molar-refractivity contribution >= 4 is 10.1 Å². The standard InChI is InChI=1S/C14H22O4S/c1-17-14-10-8-13(9-11-14)7-5-3-4-6-12-18-19(2,15)16/h8-11H,3-7,12H2,1-2H3. The molecule has 0 spiro atoms. The molecular formula is C14H22O4S. The van der Waals surface area contributed by atoms with Crippen LogP contribution in [0.4, 0.5) is 0 Å². The summed E-state index contributed by atoms with van der Waals surface area (Å²) in [5.74, 6) is 0.877. The van der Waals surface area contributed by atoms with Gasteiger partial charge in [0, 0.05) is 0 Å². The lowest BCUT2D eigenvalue weighted by atomic mass is 10.1. The summed E-state index contributed by atoms with van der Waals surface area (Å²) in [6.07, 6.45) is 6.08. The Morgan fingerprint density at radius 3 is 2.21 bits per heavy atom. The largest absolute Gasteiger partial charge is 0.497 e. The molecule has 5 heteroatoms. The minimum Gasteiger partial charge on any atom is -0.497 e. The fourth-order valence-electron chi connectivity index (χ4n) is 1.79. The maximum Gasteiger partial charge on any atom is 0.264 e. The summed E-state index contributed by atoms with van der Waals surface area (Å²) in [5.41, 5.74) is 1.30. The SMILES string of the molecule is COc1ccc(CCCCCCOS(C)(=O)=O)cc1. The Morgan fingerprint density at radius 1 is 1.00 bits per heavy atom. The Bertz CT molecular complexity index is 451. The van der Waals surface area contributed by atoms with Crippen LogP contribution in [0.1, 0.15) is 31.2 Å². The van der Waals surface area contributed by atoms with Crippen molar-refractivity contribution in [2.45, 2.75) is 32.1 Å². The van der Waals surface area contributed by atoms with E-state index in [1.165, 1.54) is 5.56 Å². The van der Waals surface area contributed by atoms with Crippen molar-refractivity contribution in [1.29, 1.82) is 0 Å². The van der Waals surface area contributed by atoms with E-state index in [1.54, 1.807) is 7.11 Å². The van der Waals surface area contributed by atoms with Crippen LogP contribution in [0.15, 0.2) is 24.3 Å². The summed E-state index contributed by atoms with van der Waals surface area (Å²) in [5, 5.41) is 0. The fourth-order valence-corrected chi connectivity index (χ4v) is 2.21. The van der Waals surface area contributed by atoms with Gasteiger partial charge in [-0.15, -0.1) is 0 Å². The average Bonchev–Trinajstić information content (AvgIpc) is 2.37. The van der Waals surface area contributed by atoms with E-state index in [-0.39, 0.29) is 0 Å². The summed E-state index contributed by atoms with van der Waals surface area (Å²) in [6, 6.07) is 8.09. The predicted octanol–water partition coefficient (Wildman–Crippen LogP) is 2.77. The first-order chi connectivity index (χ1) is 9.01. The highest BCUT2D eigenvalue weighted by Crippen LogP contribution is 2.14. The molecule has 0 aromatic heterocycles. The van der Waals surface area contributed by atoms with E-state index >= 15 is 0 Å². The van der Waals surface area contributed by atoms with Crippen LogP contribution in [0.3, 0.4) is 0 Å². The van der Waals surface area contributed by atoms with Crippen LogP contribution in [0.25, 0.3) is 0 Å². The molecule has 0 aliphatic carbocycles. The molecule has 1 aromatic carbocycles. The van der Waals surface area contributed by atoms with Crippen molar-refractivity contribution in [3.63, 3.8) is 0 Å². The van der Waals surface area contributed by atoms with E-state index in [2.05, 4.69) is 16.3 Å². The first-order valence-electron chi connectivity index (χ1n) is 6.48. The second-order valence-corrected chi connectivity index (χ2v) is 6.18. The number of hydrogen-bond acceptors (Lipinski definition) is 4. The maximum atomic E-state index is 10.7. The number of hydrogen-bond donors (Lipinski definition) is 0. The van der Waals surface area contributed by atoms with E-state index in [4.69, 9.17) is 4.74 Å². The highest BCUT2D eigenvalue weighted by atomic mass is 32.2. The summed E-state index contributed by atoms with van der Waals surface area (Å²) in [4.78, 5) is 0. The molecule has 0 aliphatic heterocycles. The summed E-state index contributed by atoms with van der Waals surface area (Å²) in [6.45, 7) is 0.293. The Kier molecular flexibility index (Phi) is 6.87. The molecule has 0 atom stereocenters. The van der Waals surface area contributed by atoms with E-state index in [0.29, 0.717) is 6.61 Å². The van der Waals surface area contributed by atoms with Gasteiger partial charge in [0.05, 0.1) is 20.0 Å². The van der Waals surface area contributed by atoms with Crippen molar-refractivity contribution in [1.82, 2.24) is 0 Å². The van der Waals surface area contributed by atoms with Crippen LogP contribution in [-0.4, -0.2) is 28.4 Å². The molecule has 0 fully saturated rings. The van der Waals surface area contributed by atoms with Crippen LogP contribution in [0, 0.1) is 0 Å². The van der Waals surface area contributed by atoms with Gasteiger partial charge in [0.25, 0.3) is 10.1 Å². The number of methoxy groups -OCH3 is 1. The highest BCUT2D eigenvalue weighted by Gasteiger charge is 2.00. The van der Waals surface area contributed by atoms with Gasteiger partial charge in [-0.3, -0.25) is 4.18 Å². The number of aryl methyl sites for hydroxylation is 1. The minimum atomic E-state index is -3.28. The molecule has 0 unspecified atom stereocenters. The average molecular weight is 286 g/mol. The van der Waals surface area contributed by atoms with E-state index in [1.807, 2.05) is 12.1 Å². The van der Waals surface area contributed by atoms with Gasteiger partial charge in [-0.1, -0.05) is 25.0 Å². The first kappa shape index (κ1) is 16.0. The molecule has 108 valence electrons. The number of ether oxygens (including phenoxy) is 1. The van der Waals surface area contributed by atoms with Gasteiger partial charge >= 0.3 is 0 Å². The lowest BCUT2D eigenvalue weighted by molar-refractivity contribution is 0.310. The maximum absolute atomic E-state index is 10.7. The number of benzene rings is 1. The quantitative estimate of drug-likeness (QED) is 0.517. The first-order valence-corrected chi connectivity index (χ1v) is 8.30. The Labute approximate surface area is 115 Å². The second kappa shape index (κ2) is 8.17. The molecule has 0 saturated heterocycles. The van der Waals surface area contributed by atoms with Gasteiger partial charge in [0.1, 0.15) is 5.75 Å². The molecule has 0 bridgehead atoms. The molecule has 0 aliphatic rings. The minimum absolute atomic E-state index is 0.293. The monoisotopic (exact) mass is 286 g/mol. The molecule has 0 N–H and O–H groups in total. The van der Waals surface area contributed by atoms with Gasteiger partial charge in [-0.25, -0.2) is 0 Å². The number of unbranched alkanes of at least 4 members (excludes halogenated alkanes) is 3. The lowest BCUT2D eigenvalue weighted by Crippen LogP contribution is -2.03. The summed E-state index contributed by atoms with van der Waals surface area (Å²) in [7, 11) is -1.62. The van der Waals surface area contributed by atoms with Crippen molar-refractivity contribution in [3.8, 4) is 5.75 Å². The molecule has 4 nitrogen and oxygen atoms in total. The normalized spacial score (nSPS) is 11.5. The summed E-state index contributed by atoms with van der Waals surface area (Å²) >= 11 is 0. The highest BCUT2D eigenvalue weighted by molar-refractivity contribution is 7.85. The predicted molar refractivity (Wildman–Crippen MR) is 76.0 cm³/mol. The van der Waals surface area contributed by atoms with E-state index in [9.17, 15) is 8.42 Å². The fraction of sp³-hybridized carbons (Fsp3) is 0.571. The third kappa shape index (κ3) is 7.85. The van der Waals surface area contributed by atoms with Crippen LogP contribution in [0.5, 0.6) is 5.75 Å². The Morgan fingerprint density at radius 2 is 1.63 bits per heavy atom. The Balaban J connectivity index is 2.07. The second-order valence-electron chi connectivity index (χ2n) is 4.54. The zero-order valence-corrected chi connectivity index (χ0v) is 12.4. The molecule has 1 rings (SSSR count). The zero-order chi connectivity index (χ0) is 14.1. The van der Waals surface area contributed by atoms with Crippen molar-refractivity contribution in [2.75, 3.05) is 20.0 Å². The van der Waals surface area contributed by atoms with Crippen molar-refractivity contribution in [3.05, 3.63) is 29.8 Å². The van der Waals surface area contributed by atoms with Crippen molar-refractivity contribution in [2.24, 2.45) is 0 Å². The van der Waals surface area contributed by atoms with E-state index < -0.39 is 10.1 Å². The third-order valence-corrected chi connectivity index (χ3v) is 3.41. The molecule has 0 heterocycles. The topological polar surface area (TPSA) is 52.6 Å². The smallest absolute Gasteiger partial charge is 0.264 e. The van der Waals surface area contributed by atoms with Crippen LogP contribution >= 0.6 is 0 Å². The van der Waals surface area contributed by atoms with Gasteiger partial charge in [0.2, 0.25) is 0 Å². The Hall–Kier alpha value is -1.07. The van der Waals surface area contributed by atoms with Gasteiger partial charge in [-0.2, -0.15) is 8.42 Å². The van der Waals surface area contributed by atoms with E-state index in [0.717, 1.165) is 44.1 Å². The lowest BCUT2D eigenvalue weighted by Gasteiger charge is -2.04. The van der Waals surface area contributed by atoms with Gasteiger partial charge in [0.15, 0.2) is 0 Å². The molecular weight excluding hydrogens is 264 g/mol. The van der Waals surface area contributed by atoms with Gasteiger partial charge < -0.3 is 4.74 Å². The zero-order valence-electron chi connectivity index (χ0n) is 11.6. The molecule has 0 amide bonds. The molecule has 0 saturated carbocycles. The molecule has 1 aromatic rings. The third-order valence-electron chi connectivity index (χ3n) is 2.82. The summed E-state index contributed by atoms with van der Waals surface area (Å²) < 4.78 is 31.2. The van der Waals surface area contributed by atoms with Gasteiger partial charge in [-0.05, 0) is 37.0 Å². The molecule has 0 radical (unpaired) electrons. The van der Waals surface area contributed by atoms with Crippen LogP contribution in [0.2, 0.25) is 0 Å². The van der Waals surface area contributed by atoms with Crippen molar-refractivity contribution < 1.29 is 17.3 Å². The van der Waals surface area contributed by atoms with Crippen LogP contribution in [-0.2, 0) is 20.7 Å².